The Morgan fingerprint density at radius 2 is 2.00 bits per heavy atom. The predicted octanol–water partition coefficient (Wildman–Crippen LogP) is 1.63. The summed E-state index contributed by atoms with van der Waals surface area (Å²) in [6.07, 6.45) is 3.09. The summed E-state index contributed by atoms with van der Waals surface area (Å²) in [5.74, 6) is 0.00341. The number of nitro benzene ring substituents is 1. The average Bonchev–Trinajstić information content (AvgIpc) is 2.58. The molecule has 0 unspecified atom stereocenters. The molecule has 0 heterocycles. The monoisotopic (exact) mass is 371 g/mol. The van der Waals surface area contributed by atoms with E-state index in [4.69, 9.17) is 9.88 Å². The smallest absolute Gasteiger partial charge is 0.308 e. The molecule has 1 fully saturated rings. The van der Waals surface area contributed by atoms with Crippen LogP contribution < -0.4 is 10.5 Å². The topological polar surface area (TPSA) is 142 Å². The lowest BCUT2D eigenvalue weighted by molar-refractivity contribution is -0.384. The van der Waals surface area contributed by atoms with Crippen LogP contribution in [-0.4, -0.2) is 33.0 Å². The third-order valence-corrected chi connectivity index (χ3v) is 5.37. The first-order valence-corrected chi connectivity index (χ1v) is 9.40. The SMILES string of the molecule is COC(=O)C1CCC(CNc2ccc(S(N)(=O)=O)cc2[N+](=O)[O-])CC1. The van der Waals surface area contributed by atoms with Crippen LogP contribution in [0.1, 0.15) is 25.7 Å². The molecule has 1 aliphatic carbocycles. The molecule has 1 aliphatic rings. The van der Waals surface area contributed by atoms with Crippen LogP contribution in [0.4, 0.5) is 11.4 Å². The van der Waals surface area contributed by atoms with E-state index < -0.39 is 14.9 Å². The number of hydrogen-bond acceptors (Lipinski definition) is 7. The van der Waals surface area contributed by atoms with E-state index in [0.717, 1.165) is 31.7 Å². The molecule has 1 aromatic rings. The van der Waals surface area contributed by atoms with Crippen LogP contribution in [0.3, 0.4) is 0 Å². The number of methoxy groups -OCH3 is 1. The highest BCUT2D eigenvalue weighted by molar-refractivity contribution is 7.89. The van der Waals surface area contributed by atoms with Crippen molar-refractivity contribution in [1.29, 1.82) is 0 Å². The van der Waals surface area contributed by atoms with Gasteiger partial charge < -0.3 is 10.1 Å². The molecule has 0 aliphatic heterocycles. The lowest BCUT2D eigenvalue weighted by Crippen LogP contribution is -2.26. The normalized spacial score (nSPS) is 20.7. The van der Waals surface area contributed by atoms with Gasteiger partial charge in [-0.05, 0) is 43.7 Å². The Morgan fingerprint density at radius 3 is 2.52 bits per heavy atom. The minimum absolute atomic E-state index is 0.0790. The van der Waals surface area contributed by atoms with Gasteiger partial charge in [0.05, 0.1) is 22.8 Å². The summed E-state index contributed by atoms with van der Waals surface area (Å²) in [5, 5.41) is 19.2. The zero-order chi connectivity index (χ0) is 18.6. The minimum atomic E-state index is -4.00. The van der Waals surface area contributed by atoms with Crippen molar-refractivity contribution in [1.82, 2.24) is 0 Å². The Kier molecular flexibility index (Phi) is 5.96. The van der Waals surface area contributed by atoms with Crippen molar-refractivity contribution in [2.45, 2.75) is 30.6 Å². The molecule has 0 amide bonds. The molecular weight excluding hydrogens is 350 g/mol. The maximum absolute atomic E-state index is 11.5. The average molecular weight is 371 g/mol. The summed E-state index contributed by atoms with van der Waals surface area (Å²) in [6, 6.07) is 3.53. The lowest BCUT2D eigenvalue weighted by atomic mass is 9.82. The summed E-state index contributed by atoms with van der Waals surface area (Å²) in [6.45, 7) is 0.503. The van der Waals surface area contributed by atoms with Crippen molar-refractivity contribution < 1.29 is 22.9 Å². The second-order valence-electron chi connectivity index (χ2n) is 6.10. The van der Waals surface area contributed by atoms with Crippen molar-refractivity contribution >= 4 is 27.4 Å². The quantitative estimate of drug-likeness (QED) is 0.439. The molecule has 0 atom stereocenters. The van der Waals surface area contributed by atoms with Crippen LogP contribution in [0, 0.1) is 22.0 Å². The number of rotatable bonds is 6. The molecule has 9 nitrogen and oxygen atoms in total. The highest BCUT2D eigenvalue weighted by Gasteiger charge is 2.27. The van der Waals surface area contributed by atoms with E-state index in [9.17, 15) is 23.3 Å². The number of ether oxygens (including phenoxy) is 1. The third kappa shape index (κ3) is 4.89. The molecule has 25 heavy (non-hydrogen) atoms. The summed E-state index contributed by atoms with van der Waals surface area (Å²) in [5.41, 5.74) is -0.0951. The number of sulfonamides is 1. The van der Waals surface area contributed by atoms with Crippen molar-refractivity contribution in [3.63, 3.8) is 0 Å². The predicted molar refractivity (Wildman–Crippen MR) is 90.4 cm³/mol. The second-order valence-corrected chi connectivity index (χ2v) is 7.66. The molecule has 1 aromatic carbocycles. The molecule has 0 radical (unpaired) electrons. The number of primary sulfonamides is 1. The lowest BCUT2D eigenvalue weighted by Gasteiger charge is -2.27. The standard InChI is InChI=1S/C15H21N3O6S/c1-24-15(19)11-4-2-10(3-5-11)9-17-13-7-6-12(25(16,22)23)8-14(13)18(20)21/h6-8,10-11,17H,2-5,9H2,1H3,(H2,16,22,23). The van der Waals surface area contributed by atoms with Gasteiger partial charge in [-0.2, -0.15) is 0 Å². The number of esters is 1. The molecule has 1 saturated carbocycles. The van der Waals surface area contributed by atoms with Crippen LogP contribution in [0.2, 0.25) is 0 Å². The molecule has 3 N–H and O–H groups in total. The molecule has 0 bridgehead atoms. The molecular formula is C15H21N3O6S. The molecule has 138 valence electrons. The summed E-state index contributed by atoms with van der Waals surface area (Å²) in [4.78, 5) is 21.7. The van der Waals surface area contributed by atoms with Gasteiger partial charge in [-0.1, -0.05) is 0 Å². The third-order valence-electron chi connectivity index (χ3n) is 4.46. The van der Waals surface area contributed by atoms with E-state index >= 15 is 0 Å². The van der Waals surface area contributed by atoms with Crippen LogP contribution >= 0.6 is 0 Å². The number of anilines is 1. The van der Waals surface area contributed by atoms with Gasteiger partial charge in [0.2, 0.25) is 10.0 Å². The van der Waals surface area contributed by atoms with Gasteiger partial charge in [0.1, 0.15) is 5.69 Å². The van der Waals surface area contributed by atoms with Crippen LogP contribution in [0.5, 0.6) is 0 Å². The van der Waals surface area contributed by atoms with Gasteiger partial charge >= 0.3 is 5.97 Å². The molecule has 2 rings (SSSR count). The highest BCUT2D eigenvalue weighted by atomic mass is 32.2. The number of nitrogens with two attached hydrogens (primary N) is 1. The summed E-state index contributed by atoms with van der Waals surface area (Å²) in [7, 11) is -2.63. The first kappa shape index (κ1) is 19.1. The van der Waals surface area contributed by atoms with Gasteiger partial charge in [0, 0.05) is 12.6 Å². The van der Waals surface area contributed by atoms with Gasteiger partial charge in [0.25, 0.3) is 5.69 Å². The number of carbonyl (C=O) groups excluding carboxylic acids is 1. The van der Waals surface area contributed by atoms with Gasteiger partial charge in [0.15, 0.2) is 0 Å². The first-order valence-electron chi connectivity index (χ1n) is 7.85. The van der Waals surface area contributed by atoms with Crippen LogP contribution in [0.25, 0.3) is 0 Å². The zero-order valence-electron chi connectivity index (χ0n) is 13.8. The van der Waals surface area contributed by atoms with E-state index in [1.807, 2.05) is 0 Å². The molecule has 0 aromatic heterocycles. The number of nitro groups is 1. The van der Waals surface area contributed by atoms with E-state index in [0.29, 0.717) is 6.54 Å². The van der Waals surface area contributed by atoms with Gasteiger partial charge in [-0.15, -0.1) is 0 Å². The number of nitrogens with one attached hydrogen (secondary N) is 1. The van der Waals surface area contributed by atoms with Crippen molar-refractivity contribution in [2.24, 2.45) is 17.0 Å². The van der Waals surface area contributed by atoms with Crippen molar-refractivity contribution in [2.75, 3.05) is 19.0 Å². The number of nitrogens with zero attached hydrogens (tertiary/aromatic N) is 1. The molecule has 0 spiro atoms. The van der Waals surface area contributed by atoms with E-state index in [-0.39, 0.29) is 34.1 Å². The van der Waals surface area contributed by atoms with E-state index in [1.54, 1.807) is 0 Å². The van der Waals surface area contributed by atoms with E-state index in [2.05, 4.69) is 5.32 Å². The van der Waals surface area contributed by atoms with Gasteiger partial charge in [-0.25, -0.2) is 13.6 Å². The number of carbonyl (C=O) groups is 1. The summed E-state index contributed by atoms with van der Waals surface area (Å²) >= 11 is 0. The Balaban J connectivity index is 2.02. The fourth-order valence-corrected chi connectivity index (χ4v) is 3.55. The fraction of sp³-hybridized carbons (Fsp3) is 0.533. The minimum Gasteiger partial charge on any atom is -0.469 e. The van der Waals surface area contributed by atoms with Gasteiger partial charge in [-0.3, -0.25) is 14.9 Å². The Hall–Kier alpha value is -2.20. The maximum Gasteiger partial charge on any atom is 0.308 e. The Morgan fingerprint density at radius 1 is 1.36 bits per heavy atom. The largest absolute Gasteiger partial charge is 0.469 e. The highest BCUT2D eigenvalue weighted by Crippen LogP contribution is 2.31. The Labute approximate surface area is 145 Å². The number of benzene rings is 1. The van der Waals surface area contributed by atoms with Crippen LogP contribution in [0.15, 0.2) is 23.1 Å². The molecule has 10 heteroatoms. The van der Waals surface area contributed by atoms with Crippen LogP contribution in [-0.2, 0) is 19.6 Å². The zero-order valence-corrected chi connectivity index (χ0v) is 14.6. The van der Waals surface area contributed by atoms with Crippen molar-refractivity contribution in [3.05, 3.63) is 28.3 Å². The Bertz CT molecular complexity index is 757. The summed E-state index contributed by atoms with van der Waals surface area (Å²) < 4.78 is 27.4. The van der Waals surface area contributed by atoms with E-state index in [1.165, 1.54) is 19.2 Å². The molecule has 0 saturated heterocycles. The van der Waals surface area contributed by atoms with Crippen molar-refractivity contribution in [3.8, 4) is 0 Å². The maximum atomic E-state index is 11.5. The number of hydrogen-bond donors (Lipinski definition) is 2. The first-order chi connectivity index (χ1) is 11.7. The second kappa shape index (κ2) is 7.79. The fourth-order valence-electron chi connectivity index (χ4n) is 3.01.